The van der Waals surface area contributed by atoms with Crippen molar-refractivity contribution in [3.05, 3.63) is 33.0 Å². The molecule has 0 fully saturated rings. The van der Waals surface area contributed by atoms with E-state index in [0.717, 1.165) is 13.0 Å². The third-order valence-electron chi connectivity index (χ3n) is 2.23. The van der Waals surface area contributed by atoms with Crippen LogP contribution in [0.2, 0.25) is 5.02 Å². The fraction of sp³-hybridized carbons (Fsp3) is 0.455. The lowest BCUT2D eigenvalue weighted by Gasteiger charge is -2.15. The highest BCUT2D eigenvalue weighted by Gasteiger charge is 2.14. The average molecular weight is 295 g/mol. The van der Waals surface area contributed by atoms with Gasteiger partial charge in [0.1, 0.15) is 5.82 Å². The van der Waals surface area contributed by atoms with Gasteiger partial charge < -0.3 is 5.32 Å². The zero-order valence-electron chi connectivity index (χ0n) is 8.78. The Morgan fingerprint density at radius 1 is 1.53 bits per heavy atom. The second-order valence-electron chi connectivity index (χ2n) is 3.44. The van der Waals surface area contributed by atoms with Gasteiger partial charge in [-0.1, -0.05) is 24.6 Å². The largest absolute Gasteiger partial charge is 0.310 e. The number of rotatable bonds is 4. The van der Waals surface area contributed by atoms with E-state index in [9.17, 15) is 4.39 Å². The highest BCUT2D eigenvalue weighted by molar-refractivity contribution is 9.10. The number of hydrogen-bond donors (Lipinski definition) is 1. The maximum absolute atomic E-state index is 13.7. The van der Waals surface area contributed by atoms with E-state index in [-0.39, 0.29) is 16.9 Å². The minimum Gasteiger partial charge on any atom is -0.310 e. The van der Waals surface area contributed by atoms with Crippen molar-refractivity contribution in [3.8, 4) is 0 Å². The van der Waals surface area contributed by atoms with E-state index >= 15 is 0 Å². The Labute approximate surface area is 103 Å². The molecule has 1 N–H and O–H groups in total. The van der Waals surface area contributed by atoms with Gasteiger partial charge in [-0.2, -0.15) is 0 Å². The van der Waals surface area contributed by atoms with Crippen LogP contribution in [0, 0.1) is 5.82 Å². The molecule has 1 unspecified atom stereocenters. The monoisotopic (exact) mass is 293 g/mol. The van der Waals surface area contributed by atoms with Crippen LogP contribution in [0.15, 0.2) is 16.6 Å². The summed E-state index contributed by atoms with van der Waals surface area (Å²) < 4.78 is 14.3. The Hall–Kier alpha value is -0.120. The molecule has 0 aromatic heterocycles. The maximum Gasteiger partial charge on any atom is 0.147 e. The van der Waals surface area contributed by atoms with Crippen LogP contribution in [0.4, 0.5) is 4.39 Å². The van der Waals surface area contributed by atoms with Crippen molar-refractivity contribution in [1.29, 1.82) is 0 Å². The molecule has 0 bridgehead atoms. The Balaban J connectivity index is 2.90. The Kier molecular flexibility index (Phi) is 5.03. The topological polar surface area (TPSA) is 12.0 Å². The lowest BCUT2D eigenvalue weighted by molar-refractivity contribution is 0.527. The van der Waals surface area contributed by atoms with E-state index in [0.29, 0.717) is 10.0 Å². The SMILES string of the molecule is CCCNC(C)c1ccc(Br)c(Cl)c1F. The summed E-state index contributed by atoms with van der Waals surface area (Å²) in [5.74, 6) is -0.345. The van der Waals surface area contributed by atoms with Gasteiger partial charge >= 0.3 is 0 Å². The molecule has 1 aromatic rings. The molecule has 15 heavy (non-hydrogen) atoms. The summed E-state index contributed by atoms with van der Waals surface area (Å²) in [6.45, 7) is 4.87. The van der Waals surface area contributed by atoms with Gasteiger partial charge in [0.15, 0.2) is 0 Å². The quantitative estimate of drug-likeness (QED) is 0.816. The van der Waals surface area contributed by atoms with Gasteiger partial charge in [0.2, 0.25) is 0 Å². The number of benzene rings is 1. The fourth-order valence-corrected chi connectivity index (χ4v) is 1.82. The molecular formula is C11H14BrClFN. The van der Waals surface area contributed by atoms with Gasteiger partial charge in [0.05, 0.1) is 5.02 Å². The van der Waals surface area contributed by atoms with Crippen LogP contribution in [0.5, 0.6) is 0 Å². The molecule has 0 amide bonds. The van der Waals surface area contributed by atoms with Crippen LogP contribution in [0.25, 0.3) is 0 Å². The van der Waals surface area contributed by atoms with E-state index in [1.807, 2.05) is 6.92 Å². The standard InChI is InChI=1S/C11H14BrClFN/c1-3-6-15-7(2)8-4-5-9(12)10(13)11(8)14/h4-5,7,15H,3,6H2,1-2H3. The Bertz CT molecular complexity index is 344. The van der Waals surface area contributed by atoms with Gasteiger partial charge in [-0.25, -0.2) is 4.39 Å². The molecule has 0 aliphatic carbocycles. The van der Waals surface area contributed by atoms with Crippen molar-refractivity contribution < 1.29 is 4.39 Å². The normalized spacial score (nSPS) is 12.9. The zero-order chi connectivity index (χ0) is 11.4. The summed E-state index contributed by atoms with van der Waals surface area (Å²) in [6.07, 6.45) is 1.02. The minimum absolute atomic E-state index is 0.0180. The van der Waals surface area contributed by atoms with Gasteiger partial charge in [0.25, 0.3) is 0 Å². The minimum atomic E-state index is -0.345. The maximum atomic E-state index is 13.7. The van der Waals surface area contributed by atoms with Gasteiger partial charge in [-0.3, -0.25) is 0 Å². The molecule has 0 aliphatic heterocycles. The van der Waals surface area contributed by atoms with E-state index in [1.165, 1.54) is 0 Å². The van der Waals surface area contributed by atoms with Crippen LogP contribution in [-0.2, 0) is 0 Å². The molecule has 84 valence electrons. The summed E-state index contributed by atoms with van der Waals surface area (Å²) in [5, 5.41) is 3.37. The molecule has 0 saturated carbocycles. The van der Waals surface area contributed by atoms with Gasteiger partial charge in [-0.15, -0.1) is 0 Å². The first-order valence-electron chi connectivity index (χ1n) is 4.94. The highest BCUT2D eigenvalue weighted by Crippen LogP contribution is 2.30. The molecule has 0 saturated heterocycles. The average Bonchev–Trinajstić information content (AvgIpc) is 2.23. The van der Waals surface area contributed by atoms with Crippen LogP contribution >= 0.6 is 27.5 Å². The Morgan fingerprint density at radius 2 is 2.20 bits per heavy atom. The first kappa shape index (κ1) is 12.9. The second-order valence-corrected chi connectivity index (χ2v) is 4.67. The second kappa shape index (κ2) is 5.83. The smallest absolute Gasteiger partial charge is 0.147 e. The summed E-state index contributed by atoms with van der Waals surface area (Å²) in [4.78, 5) is 0. The molecule has 1 nitrogen and oxygen atoms in total. The van der Waals surface area contributed by atoms with Gasteiger partial charge in [-0.05, 0) is 41.9 Å². The van der Waals surface area contributed by atoms with Crippen molar-refractivity contribution >= 4 is 27.5 Å². The molecule has 1 rings (SSSR count). The van der Waals surface area contributed by atoms with Crippen molar-refractivity contribution in [3.63, 3.8) is 0 Å². The van der Waals surface area contributed by atoms with Crippen LogP contribution < -0.4 is 5.32 Å². The predicted molar refractivity (Wildman–Crippen MR) is 65.8 cm³/mol. The van der Waals surface area contributed by atoms with Crippen molar-refractivity contribution in [2.45, 2.75) is 26.3 Å². The fourth-order valence-electron chi connectivity index (χ4n) is 1.35. The lowest BCUT2D eigenvalue weighted by Crippen LogP contribution is -2.20. The lowest BCUT2D eigenvalue weighted by atomic mass is 10.1. The molecule has 1 aromatic carbocycles. The molecular weight excluding hydrogens is 280 g/mol. The number of halogens is 3. The van der Waals surface area contributed by atoms with E-state index in [1.54, 1.807) is 12.1 Å². The summed E-state index contributed by atoms with van der Waals surface area (Å²) >= 11 is 9.00. The van der Waals surface area contributed by atoms with Crippen LogP contribution in [0.3, 0.4) is 0 Å². The van der Waals surface area contributed by atoms with Crippen molar-refractivity contribution in [1.82, 2.24) is 5.32 Å². The molecule has 0 spiro atoms. The molecule has 0 radical (unpaired) electrons. The van der Waals surface area contributed by atoms with Crippen molar-refractivity contribution in [2.75, 3.05) is 6.54 Å². The molecule has 1 atom stereocenters. The van der Waals surface area contributed by atoms with Crippen LogP contribution in [0.1, 0.15) is 31.9 Å². The summed E-state index contributed by atoms with van der Waals surface area (Å²) in [5.41, 5.74) is 0.608. The number of hydrogen-bond acceptors (Lipinski definition) is 1. The first-order valence-corrected chi connectivity index (χ1v) is 6.11. The van der Waals surface area contributed by atoms with Crippen LogP contribution in [-0.4, -0.2) is 6.54 Å². The zero-order valence-corrected chi connectivity index (χ0v) is 11.1. The molecule has 0 aliphatic rings. The molecule has 0 heterocycles. The van der Waals surface area contributed by atoms with E-state index < -0.39 is 0 Å². The third-order valence-corrected chi connectivity index (χ3v) is 3.49. The Morgan fingerprint density at radius 3 is 2.80 bits per heavy atom. The van der Waals surface area contributed by atoms with E-state index in [4.69, 9.17) is 11.6 Å². The first-order chi connectivity index (χ1) is 7.07. The predicted octanol–water partition coefficient (Wildman–Crippen LogP) is 4.30. The third kappa shape index (κ3) is 3.16. The van der Waals surface area contributed by atoms with Gasteiger partial charge in [0, 0.05) is 16.1 Å². The number of nitrogens with one attached hydrogen (secondary N) is 1. The van der Waals surface area contributed by atoms with Crippen molar-refractivity contribution in [2.24, 2.45) is 0 Å². The highest BCUT2D eigenvalue weighted by atomic mass is 79.9. The molecule has 4 heteroatoms. The van der Waals surface area contributed by atoms with E-state index in [2.05, 4.69) is 28.2 Å². The summed E-state index contributed by atoms with van der Waals surface area (Å²) in [7, 11) is 0. The summed E-state index contributed by atoms with van der Waals surface area (Å²) in [6, 6.07) is 3.50.